The van der Waals surface area contributed by atoms with Crippen molar-refractivity contribution in [3.05, 3.63) is 65.5 Å². The Morgan fingerprint density at radius 1 is 1.18 bits per heavy atom. The highest BCUT2D eigenvalue weighted by molar-refractivity contribution is 8.01. The molecule has 2 aromatic carbocycles. The standard InChI is InChI=1S/C17H14FNO2S/c18-14-7-3-1-5-12(14)11-19-15-8-4-2-6-13(15)17(16(19)20)21-9-10-22-17/h1-8H,9-11H2. The van der Waals surface area contributed by atoms with Crippen molar-refractivity contribution >= 4 is 23.4 Å². The number of ether oxygens (including phenoxy) is 1. The zero-order chi connectivity index (χ0) is 15.2. The van der Waals surface area contributed by atoms with Crippen LogP contribution in [0, 0.1) is 5.82 Å². The summed E-state index contributed by atoms with van der Waals surface area (Å²) >= 11 is 1.51. The third-order valence-corrected chi connectivity index (χ3v) is 5.35. The number of para-hydroxylation sites is 1. The van der Waals surface area contributed by atoms with E-state index >= 15 is 0 Å². The molecule has 0 aromatic heterocycles. The second kappa shape index (κ2) is 5.11. The number of hydrogen-bond donors (Lipinski definition) is 0. The number of anilines is 1. The number of amides is 1. The first kappa shape index (κ1) is 13.8. The molecule has 2 aliphatic rings. The molecule has 2 aliphatic heterocycles. The maximum atomic E-state index is 13.9. The summed E-state index contributed by atoms with van der Waals surface area (Å²) in [6, 6.07) is 14.2. The van der Waals surface area contributed by atoms with Crippen molar-refractivity contribution in [2.75, 3.05) is 17.3 Å². The van der Waals surface area contributed by atoms with Crippen LogP contribution >= 0.6 is 11.8 Å². The molecule has 3 nitrogen and oxygen atoms in total. The number of carbonyl (C=O) groups excluding carboxylic acids is 1. The lowest BCUT2D eigenvalue weighted by Crippen LogP contribution is -2.37. The Bertz CT molecular complexity index is 743. The molecule has 1 spiro atoms. The molecule has 1 fully saturated rings. The molecule has 1 saturated heterocycles. The highest BCUT2D eigenvalue weighted by atomic mass is 32.2. The third-order valence-electron chi connectivity index (χ3n) is 4.06. The Morgan fingerprint density at radius 3 is 2.73 bits per heavy atom. The average Bonchev–Trinajstić information content (AvgIpc) is 3.11. The average molecular weight is 315 g/mol. The van der Waals surface area contributed by atoms with Crippen molar-refractivity contribution < 1.29 is 13.9 Å². The molecule has 0 aliphatic carbocycles. The lowest BCUT2D eigenvalue weighted by Gasteiger charge is -2.22. The quantitative estimate of drug-likeness (QED) is 0.852. The highest BCUT2D eigenvalue weighted by Gasteiger charge is 2.54. The minimum Gasteiger partial charge on any atom is -0.350 e. The molecule has 5 heteroatoms. The van der Waals surface area contributed by atoms with Crippen LogP contribution in [-0.2, 0) is 21.0 Å². The molecule has 0 radical (unpaired) electrons. The van der Waals surface area contributed by atoms with Gasteiger partial charge in [-0.1, -0.05) is 36.4 Å². The Balaban J connectivity index is 1.78. The van der Waals surface area contributed by atoms with E-state index in [9.17, 15) is 9.18 Å². The fourth-order valence-corrected chi connectivity index (χ4v) is 4.22. The van der Waals surface area contributed by atoms with E-state index in [4.69, 9.17) is 4.74 Å². The number of fused-ring (bicyclic) bond motifs is 2. The van der Waals surface area contributed by atoms with Crippen LogP contribution in [0.15, 0.2) is 48.5 Å². The molecule has 2 heterocycles. The number of carbonyl (C=O) groups is 1. The SMILES string of the molecule is O=C1N(Cc2ccccc2F)c2ccccc2C12OCCS2. The van der Waals surface area contributed by atoms with E-state index in [1.807, 2.05) is 24.3 Å². The number of hydrogen-bond acceptors (Lipinski definition) is 3. The van der Waals surface area contributed by atoms with Gasteiger partial charge >= 0.3 is 0 Å². The second-order valence-corrected chi connectivity index (χ2v) is 6.59. The molecule has 0 N–H and O–H groups in total. The van der Waals surface area contributed by atoms with Gasteiger partial charge in [-0.25, -0.2) is 4.39 Å². The van der Waals surface area contributed by atoms with E-state index in [0.717, 1.165) is 17.0 Å². The van der Waals surface area contributed by atoms with Crippen LogP contribution in [0.25, 0.3) is 0 Å². The molecular formula is C17H14FNO2S. The maximum absolute atomic E-state index is 13.9. The van der Waals surface area contributed by atoms with Gasteiger partial charge in [-0.05, 0) is 12.1 Å². The molecule has 0 bridgehead atoms. The fraction of sp³-hybridized carbons (Fsp3) is 0.235. The summed E-state index contributed by atoms with van der Waals surface area (Å²) < 4.78 is 19.8. The van der Waals surface area contributed by atoms with E-state index < -0.39 is 4.93 Å². The number of rotatable bonds is 2. The smallest absolute Gasteiger partial charge is 0.275 e. The van der Waals surface area contributed by atoms with Gasteiger partial charge in [-0.2, -0.15) is 0 Å². The van der Waals surface area contributed by atoms with Crippen LogP contribution in [0.5, 0.6) is 0 Å². The molecular weight excluding hydrogens is 301 g/mol. The predicted molar refractivity (Wildman–Crippen MR) is 84.1 cm³/mol. The van der Waals surface area contributed by atoms with Gasteiger partial charge in [-0.3, -0.25) is 4.79 Å². The summed E-state index contributed by atoms with van der Waals surface area (Å²) in [4.78, 5) is 13.6. The number of nitrogens with zero attached hydrogens (tertiary/aromatic N) is 1. The predicted octanol–water partition coefficient (Wildman–Crippen LogP) is 3.29. The Labute approximate surface area is 132 Å². The van der Waals surface area contributed by atoms with Crippen LogP contribution in [0.2, 0.25) is 0 Å². The third kappa shape index (κ3) is 1.89. The monoisotopic (exact) mass is 315 g/mol. The molecule has 0 saturated carbocycles. The maximum Gasteiger partial charge on any atom is 0.275 e. The Hall–Kier alpha value is -1.85. The van der Waals surface area contributed by atoms with Crippen molar-refractivity contribution in [1.29, 1.82) is 0 Å². The number of halogens is 1. The van der Waals surface area contributed by atoms with Gasteiger partial charge in [0.25, 0.3) is 5.91 Å². The van der Waals surface area contributed by atoms with Crippen molar-refractivity contribution in [3.8, 4) is 0 Å². The van der Waals surface area contributed by atoms with Gasteiger partial charge in [0.1, 0.15) is 5.82 Å². The van der Waals surface area contributed by atoms with Crippen LogP contribution < -0.4 is 4.90 Å². The zero-order valence-electron chi connectivity index (χ0n) is 11.8. The number of thioether (sulfide) groups is 1. The van der Waals surface area contributed by atoms with Crippen molar-refractivity contribution in [2.24, 2.45) is 0 Å². The lowest BCUT2D eigenvalue weighted by molar-refractivity contribution is -0.131. The van der Waals surface area contributed by atoms with Crippen LogP contribution in [0.4, 0.5) is 10.1 Å². The zero-order valence-corrected chi connectivity index (χ0v) is 12.6. The van der Waals surface area contributed by atoms with Crippen molar-refractivity contribution in [2.45, 2.75) is 11.5 Å². The fourth-order valence-electron chi connectivity index (χ4n) is 3.03. The van der Waals surface area contributed by atoms with E-state index in [0.29, 0.717) is 12.2 Å². The molecule has 1 atom stereocenters. The molecule has 1 unspecified atom stereocenters. The van der Waals surface area contributed by atoms with Gasteiger partial charge in [0, 0.05) is 16.9 Å². The molecule has 2 aromatic rings. The minimum absolute atomic E-state index is 0.112. The Kier molecular flexibility index (Phi) is 3.20. The minimum atomic E-state index is -0.943. The summed E-state index contributed by atoms with van der Waals surface area (Å²) in [6.07, 6.45) is 0. The van der Waals surface area contributed by atoms with Gasteiger partial charge in [0.05, 0.1) is 18.8 Å². The van der Waals surface area contributed by atoms with E-state index in [2.05, 4.69) is 0 Å². The van der Waals surface area contributed by atoms with E-state index in [-0.39, 0.29) is 18.3 Å². The first-order valence-corrected chi connectivity index (χ1v) is 8.14. The largest absolute Gasteiger partial charge is 0.350 e. The summed E-state index contributed by atoms with van der Waals surface area (Å²) in [6.45, 7) is 0.770. The summed E-state index contributed by atoms with van der Waals surface area (Å²) in [5.41, 5.74) is 2.19. The van der Waals surface area contributed by atoms with Gasteiger partial charge in [0.2, 0.25) is 4.93 Å². The number of benzene rings is 2. The molecule has 4 rings (SSSR count). The van der Waals surface area contributed by atoms with Crippen LogP contribution in [0.3, 0.4) is 0 Å². The van der Waals surface area contributed by atoms with Crippen LogP contribution in [-0.4, -0.2) is 18.3 Å². The summed E-state index contributed by atoms with van der Waals surface area (Å²) in [7, 11) is 0. The molecule has 22 heavy (non-hydrogen) atoms. The van der Waals surface area contributed by atoms with Gasteiger partial charge in [-0.15, -0.1) is 11.8 Å². The molecule has 1 amide bonds. The topological polar surface area (TPSA) is 29.5 Å². The van der Waals surface area contributed by atoms with E-state index in [1.165, 1.54) is 17.8 Å². The highest BCUT2D eigenvalue weighted by Crippen LogP contribution is 2.52. The normalized spacial score (nSPS) is 23.3. The van der Waals surface area contributed by atoms with Crippen molar-refractivity contribution in [1.82, 2.24) is 0 Å². The van der Waals surface area contributed by atoms with Crippen molar-refractivity contribution in [3.63, 3.8) is 0 Å². The van der Waals surface area contributed by atoms with E-state index in [1.54, 1.807) is 23.1 Å². The van der Waals surface area contributed by atoms with Crippen LogP contribution in [0.1, 0.15) is 11.1 Å². The summed E-state index contributed by atoms with van der Waals surface area (Å²) in [5, 5.41) is 0. The lowest BCUT2D eigenvalue weighted by atomic mass is 10.1. The summed E-state index contributed by atoms with van der Waals surface area (Å²) in [5.74, 6) is 0.376. The Morgan fingerprint density at radius 2 is 1.95 bits per heavy atom. The van der Waals surface area contributed by atoms with Gasteiger partial charge < -0.3 is 9.64 Å². The molecule has 112 valence electrons. The second-order valence-electron chi connectivity index (χ2n) is 5.31. The first-order valence-electron chi connectivity index (χ1n) is 7.15. The first-order chi connectivity index (χ1) is 10.7. The van der Waals surface area contributed by atoms with Gasteiger partial charge in [0.15, 0.2) is 0 Å².